The Kier molecular flexibility index (Phi) is 4.02. The lowest BCUT2D eigenvalue weighted by molar-refractivity contribution is 0.0820. The molecule has 0 amide bonds. The van der Waals surface area contributed by atoms with Crippen molar-refractivity contribution in [2.45, 2.75) is 38.6 Å². The van der Waals surface area contributed by atoms with Gasteiger partial charge in [0.25, 0.3) is 0 Å². The first-order chi connectivity index (χ1) is 9.35. The van der Waals surface area contributed by atoms with E-state index in [9.17, 15) is 0 Å². The number of pyridine rings is 1. The van der Waals surface area contributed by atoms with Crippen molar-refractivity contribution in [3.8, 4) is 0 Å². The van der Waals surface area contributed by atoms with Crippen molar-refractivity contribution in [2.75, 3.05) is 25.5 Å². The van der Waals surface area contributed by atoms with Crippen LogP contribution in [-0.2, 0) is 6.54 Å². The summed E-state index contributed by atoms with van der Waals surface area (Å²) in [5.74, 6) is 2.94. The van der Waals surface area contributed by atoms with Crippen molar-refractivity contribution in [1.29, 1.82) is 0 Å². The number of fused-ring (bicyclic) bond motifs is 1. The van der Waals surface area contributed by atoms with Crippen LogP contribution in [0.3, 0.4) is 0 Å². The smallest absolute Gasteiger partial charge is 0.125 e. The molecule has 2 fully saturated rings. The third-order valence-corrected chi connectivity index (χ3v) is 4.86. The van der Waals surface area contributed by atoms with Gasteiger partial charge in [0, 0.05) is 26.3 Å². The summed E-state index contributed by atoms with van der Waals surface area (Å²) in [4.78, 5) is 7.03. The molecule has 104 valence electrons. The minimum atomic E-state index is 0.953. The van der Waals surface area contributed by atoms with Crippen molar-refractivity contribution < 1.29 is 0 Å². The van der Waals surface area contributed by atoms with Gasteiger partial charge in [0.2, 0.25) is 0 Å². The minimum Gasteiger partial charge on any atom is -0.373 e. The predicted octanol–water partition coefficient (Wildman–Crippen LogP) is 3.14. The zero-order valence-electron chi connectivity index (χ0n) is 11.9. The summed E-state index contributed by atoms with van der Waals surface area (Å²) >= 11 is 0. The summed E-state index contributed by atoms with van der Waals surface area (Å²) in [6, 6.07) is 4.27. The van der Waals surface area contributed by atoms with E-state index >= 15 is 0 Å². The molecule has 0 bridgehead atoms. The quantitative estimate of drug-likeness (QED) is 0.904. The molecule has 0 spiro atoms. The van der Waals surface area contributed by atoms with Crippen LogP contribution in [0, 0.1) is 11.8 Å². The molecule has 2 unspecified atom stereocenters. The van der Waals surface area contributed by atoms with Crippen LogP contribution in [0.15, 0.2) is 18.3 Å². The number of likely N-dealkylation sites (tertiary alicyclic amines) is 1. The van der Waals surface area contributed by atoms with Crippen molar-refractivity contribution in [2.24, 2.45) is 11.8 Å². The summed E-state index contributed by atoms with van der Waals surface area (Å²) in [5, 5.41) is 3.07. The number of anilines is 1. The molecule has 1 aliphatic carbocycles. The number of rotatable bonds is 3. The van der Waals surface area contributed by atoms with Gasteiger partial charge in [-0.25, -0.2) is 4.98 Å². The van der Waals surface area contributed by atoms with Crippen molar-refractivity contribution in [3.63, 3.8) is 0 Å². The van der Waals surface area contributed by atoms with Crippen molar-refractivity contribution >= 4 is 5.82 Å². The Morgan fingerprint density at radius 1 is 1.21 bits per heavy atom. The average molecular weight is 259 g/mol. The van der Waals surface area contributed by atoms with Crippen molar-refractivity contribution in [3.05, 3.63) is 23.9 Å². The van der Waals surface area contributed by atoms with Crippen LogP contribution in [0.5, 0.6) is 0 Å². The number of nitrogens with zero attached hydrogens (tertiary/aromatic N) is 2. The molecule has 0 radical (unpaired) electrons. The Hall–Kier alpha value is -1.09. The van der Waals surface area contributed by atoms with E-state index in [0.717, 1.165) is 24.2 Å². The Morgan fingerprint density at radius 3 is 2.79 bits per heavy atom. The summed E-state index contributed by atoms with van der Waals surface area (Å²) in [6.45, 7) is 3.65. The van der Waals surface area contributed by atoms with Crippen LogP contribution in [0.4, 0.5) is 5.82 Å². The first-order valence-corrected chi connectivity index (χ1v) is 7.70. The first-order valence-electron chi connectivity index (χ1n) is 7.70. The molecule has 1 saturated heterocycles. The highest BCUT2D eigenvalue weighted by atomic mass is 15.1. The second-order valence-corrected chi connectivity index (χ2v) is 6.13. The van der Waals surface area contributed by atoms with E-state index in [2.05, 4.69) is 27.3 Å². The lowest BCUT2D eigenvalue weighted by Crippen LogP contribution is -2.41. The molecule has 2 heterocycles. The molecule has 1 aromatic heterocycles. The molecular weight excluding hydrogens is 234 g/mol. The zero-order chi connectivity index (χ0) is 13.1. The van der Waals surface area contributed by atoms with Gasteiger partial charge >= 0.3 is 0 Å². The minimum absolute atomic E-state index is 0.953. The van der Waals surface area contributed by atoms with E-state index in [-0.39, 0.29) is 0 Å². The fourth-order valence-corrected chi connectivity index (χ4v) is 3.74. The molecule has 19 heavy (non-hydrogen) atoms. The molecule has 3 nitrogen and oxygen atoms in total. The molecule has 3 heteroatoms. The largest absolute Gasteiger partial charge is 0.373 e. The standard InChI is InChI=1S/C16H25N3/c1-17-16-7-6-13(10-18-16)11-19-9-8-14-4-2-3-5-15(14)12-19/h6-7,10,14-15H,2-5,8-9,11-12H2,1H3,(H,17,18). The van der Waals surface area contributed by atoms with Gasteiger partial charge in [0.15, 0.2) is 0 Å². The van der Waals surface area contributed by atoms with Gasteiger partial charge < -0.3 is 5.32 Å². The van der Waals surface area contributed by atoms with E-state index in [0.29, 0.717) is 0 Å². The van der Waals surface area contributed by atoms with Crippen LogP contribution >= 0.6 is 0 Å². The summed E-state index contributed by atoms with van der Waals surface area (Å²) in [5.41, 5.74) is 1.34. The van der Waals surface area contributed by atoms with Crippen molar-refractivity contribution in [1.82, 2.24) is 9.88 Å². The number of hydrogen-bond donors (Lipinski definition) is 1. The highest BCUT2D eigenvalue weighted by Gasteiger charge is 2.30. The Morgan fingerprint density at radius 2 is 2.05 bits per heavy atom. The second kappa shape index (κ2) is 5.91. The maximum atomic E-state index is 4.41. The zero-order valence-corrected chi connectivity index (χ0v) is 11.9. The predicted molar refractivity (Wildman–Crippen MR) is 79.1 cm³/mol. The highest BCUT2D eigenvalue weighted by Crippen LogP contribution is 2.36. The maximum absolute atomic E-state index is 4.41. The topological polar surface area (TPSA) is 28.2 Å². The normalized spacial score (nSPS) is 27.8. The van der Waals surface area contributed by atoms with Gasteiger partial charge in [-0.1, -0.05) is 25.3 Å². The van der Waals surface area contributed by atoms with E-state index in [4.69, 9.17) is 0 Å². The molecule has 1 aliphatic heterocycles. The maximum Gasteiger partial charge on any atom is 0.125 e. The van der Waals surface area contributed by atoms with Crippen LogP contribution in [-0.4, -0.2) is 30.0 Å². The first kappa shape index (κ1) is 12.9. The van der Waals surface area contributed by atoms with E-state index in [1.165, 1.54) is 50.8 Å². The van der Waals surface area contributed by atoms with Crippen LogP contribution in [0.25, 0.3) is 0 Å². The van der Waals surface area contributed by atoms with Gasteiger partial charge in [-0.3, -0.25) is 4.90 Å². The van der Waals surface area contributed by atoms with Crippen LogP contribution in [0.1, 0.15) is 37.7 Å². The summed E-state index contributed by atoms with van der Waals surface area (Å²) in [6.07, 6.45) is 9.28. The Bertz CT molecular complexity index is 401. The third kappa shape index (κ3) is 3.08. The molecular formula is C16H25N3. The van der Waals surface area contributed by atoms with Gasteiger partial charge in [0.1, 0.15) is 5.82 Å². The fraction of sp³-hybridized carbons (Fsp3) is 0.688. The molecule has 3 rings (SSSR count). The molecule has 1 saturated carbocycles. The molecule has 2 aliphatic rings. The monoisotopic (exact) mass is 259 g/mol. The van der Waals surface area contributed by atoms with Crippen LogP contribution in [0.2, 0.25) is 0 Å². The van der Waals surface area contributed by atoms with E-state index in [1.54, 1.807) is 0 Å². The van der Waals surface area contributed by atoms with Gasteiger partial charge in [-0.15, -0.1) is 0 Å². The van der Waals surface area contributed by atoms with Crippen LogP contribution < -0.4 is 5.32 Å². The highest BCUT2D eigenvalue weighted by molar-refractivity contribution is 5.34. The molecule has 2 atom stereocenters. The summed E-state index contributed by atoms with van der Waals surface area (Å²) < 4.78 is 0. The average Bonchev–Trinajstić information content (AvgIpc) is 2.48. The second-order valence-electron chi connectivity index (χ2n) is 6.13. The summed E-state index contributed by atoms with van der Waals surface area (Å²) in [7, 11) is 1.91. The van der Waals surface area contributed by atoms with Gasteiger partial charge in [-0.2, -0.15) is 0 Å². The number of hydrogen-bond acceptors (Lipinski definition) is 3. The van der Waals surface area contributed by atoms with E-state index < -0.39 is 0 Å². The third-order valence-electron chi connectivity index (χ3n) is 4.86. The molecule has 1 aromatic rings. The lowest BCUT2D eigenvalue weighted by atomic mass is 9.75. The fourth-order valence-electron chi connectivity index (χ4n) is 3.74. The van der Waals surface area contributed by atoms with E-state index in [1.807, 2.05) is 13.2 Å². The number of aromatic nitrogens is 1. The Balaban J connectivity index is 1.57. The molecule has 1 N–H and O–H groups in total. The number of piperidine rings is 1. The lowest BCUT2D eigenvalue weighted by Gasteiger charge is -2.41. The van der Waals surface area contributed by atoms with Gasteiger partial charge in [-0.05, 0) is 42.9 Å². The Labute approximate surface area is 116 Å². The SMILES string of the molecule is CNc1ccc(CN2CCC3CCCCC3C2)cn1. The molecule has 0 aromatic carbocycles. The van der Waals surface area contributed by atoms with Gasteiger partial charge in [0.05, 0.1) is 0 Å². The number of nitrogens with one attached hydrogen (secondary N) is 1.